The first-order valence-corrected chi connectivity index (χ1v) is 18.6. The third kappa shape index (κ3) is 20.1. The number of likely N-dealkylation sites (N-methyl/N-ethyl adjacent to an activating group) is 1. The van der Waals surface area contributed by atoms with E-state index in [1.807, 2.05) is 0 Å². The van der Waals surface area contributed by atoms with E-state index >= 15 is 0 Å². The Morgan fingerprint density at radius 1 is 0.513 bits per heavy atom. The summed E-state index contributed by atoms with van der Waals surface area (Å²) in [5, 5.41) is 0. The summed E-state index contributed by atoms with van der Waals surface area (Å²) in [6.07, 6.45) is 41.8. The van der Waals surface area contributed by atoms with E-state index in [4.69, 9.17) is 0 Å². The van der Waals surface area contributed by atoms with Crippen LogP contribution in [0.5, 0.6) is 0 Å². The molecule has 0 radical (unpaired) electrons. The molecule has 1 unspecified atom stereocenters. The van der Waals surface area contributed by atoms with Crippen molar-refractivity contribution in [2.24, 2.45) is 0 Å². The van der Waals surface area contributed by atoms with Crippen molar-refractivity contribution in [3.8, 4) is 0 Å². The van der Waals surface area contributed by atoms with Gasteiger partial charge < -0.3 is 0 Å². The SMILES string of the molecule is CCCCCCCCCCCCCCCC1=[N+](C)CCN1C(CC)CCCCCCCCCCCCCCC. The van der Waals surface area contributed by atoms with Gasteiger partial charge in [0.15, 0.2) is 0 Å². The molecule has 0 aromatic carbocycles. The second-order valence-corrected chi connectivity index (χ2v) is 13.1. The van der Waals surface area contributed by atoms with Crippen molar-refractivity contribution in [1.29, 1.82) is 0 Å². The van der Waals surface area contributed by atoms with E-state index in [0.29, 0.717) is 0 Å². The maximum absolute atomic E-state index is 2.82. The van der Waals surface area contributed by atoms with Crippen LogP contribution < -0.4 is 0 Å². The highest BCUT2D eigenvalue weighted by Crippen LogP contribution is 2.21. The topological polar surface area (TPSA) is 6.25 Å². The van der Waals surface area contributed by atoms with Crippen LogP contribution >= 0.6 is 0 Å². The minimum absolute atomic E-state index is 0.777. The summed E-state index contributed by atoms with van der Waals surface area (Å²) in [7, 11) is 2.34. The summed E-state index contributed by atoms with van der Waals surface area (Å²) < 4.78 is 2.58. The lowest BCUT2D eigenvalue weighted by Gasteiger charge is -2.23. The lowest BCUT2D eigenvalue weighted by molar-refractivity contribution is -0.487. The zero-order valence-corrected chi connectivity index (χ0v) is 27.9. The molecule has 0 saturated heterocycles. The molecule has 1 heterocycles. The van der Waals surface area contributed by atoms with Crippen LogP contribution in [0.4, 0.5) is 0 Å². The molecule has 2 heteroatoms. The molecule has 1 aliphatic rings. The van der Waals surface area contributed by atoms with E-state index in [1.165, 1.54) is 199 Å². The minimum Gasteiger partial charge on any atom is -0.264 e. The monoisotopic (exact) mass is 548 g/mol. The zero-order valence-electron chi connectivity index (χ0n) is 27.9. The maximum atomic E-state index is 2.82. The molecule has 0 saturated carbocycles. The molecular weight excluding hydrogens is 472 g/mol. The molecule has 0 aromatic rings. The average Bonchev–Trinajstić information content (AvgIpc) is 3.31. The molecule has 1 aliphatic heterocycles. The Kier molecular flexibility index (Phi) is 25.9. The van der Waals surface area contributed by atoms with Crippen molar-refractivity contribution < 1.29 is 4.58 Å². The quantitative estimate of drug-likeness (QED) is 0.0640. The number of rotatable bonds is 30. The highest BCUT2D eigenvalue weighted by Gasteiger charge is 2.33. The van der Waals surface area contributed by atoms with Crippen LogP contribution in [0.2, 0.25) is 0 Å². The largest absolute Gasteiger partial charge is 0.264 e. The molecule has 1 atom stereocenters. The van der Waals surface area contributed by atoms with Gasteiger partial charge in [-0.2, -0.15) is 0 Å². The van der Waals surface area contributed by atoms with Gasteiger partial charge in [-0.25, -0.2) is 0 Å². The van der Waals surface area contributed by atoms with Crippen LogP contribution in [-0.4, -0.2) is 41.5 Å². The van der Waals surface area contributed by atoms with E-state index in [2.05, 4.69) is 37.3 Å². The van der Waals surface area contributed by atoms with Crippen molar-refractivity contribution in [1.82, 2.24) is 4.90 Å². The molecule has 0 aliphatic carbocycles. The maximum Gasteiger partial charge on any atom is 0.247 e. The third-order valence-electron chi connectivity index (χ3n) is 9.51. The molecular formula is C37H75N2+. The molecule has 0 aromatic heterocycles. The van der Waals surface area contributed by atoms with Gasteiger partial charge in [-0.05, 0) is 25.7 Å². The summed E-state index contributed by atoms with van der Waals surface area (Å²) >= 11 is 0. The number of hydrogen-bond acceptors (Lipinski definition) is 1. The summed E-state index contributed by atoms with van der Waals surface area (Å²) in [4.78, 5) is 2.82. The van der Waals surface area contributed by atoms with E-state index < -0.39 is 0 Å². The highest BCUT2D eigenvalue weighted by atomic mass is 15.3. The van der Waals surface area contributed by atoms with Crippen LogP contribution in [0.3, 0.4) is 0 Å². The molecule has 39 heavy (non-hydrogen) atoms. The Labute approximate surface area is 248 Å². The molecule has 2 nitrogen and oxygen atoms in total. The average molecular weight is 548 g/mol. The van der Waals surface area contributed by atoms with Crippen LogP contribution in [0.15, 0.2) is 0 Å². The second kappa shape index (κ2) is 27.6. The standard InChI is InChI=1S/C37H75N2/c1-5-8-10-12-14-16-18-20-22-24-26-28-30-32-36(7-3)39-35-34-38(4)37(39)33-31-29-27-25-23-21-19-17-15-13-11-9-6-2/h36H,5-35H2,1-4H3/q+1. The van der Waals surface area contributed by atoms with Gasteiger partial charge in [0.1, 0.15) is 13.1 Å². The van der Waals surface area contributed by atoms with Crippen molar-refractivity contribution in [3.63, 3.8) is 0 Å². The minimum atomic E-state index is 0.777. The van der Waals surface area contributed by atoms with Gasteiger partial charge >= 0.3 is 0 Å². The van der Waals surface area contributed by atoms with Crippen molar-refractivity contribution in [2.45, 2.75) is 213 Å². The number of nitrogens with zero attached hydrogens (tertiary/aromatic N) is 2. The number of unbranched alkanes of at least 4 members (excludes halogenated alkanes) is 24. The van der Waals surface area contributed by atoms with Crippen LogP contribution in [0.25, 0.3) is 0 Å². The Morgan fingerprint density at radius 2 is 0.872 bits per heavy atom. The van der Waals surface area contributed by atoms with Gasteiger partial charge in [-0.3, -0.25) is 9.48 Å². The van der Waals surface area contributed by atoms with Crippen LogP contribution in [0.1, 0.15) is 207 Å². The van der Waals surface area contributed by atoms with Crippen molar-refractivity contribution in [3.05, 3.63) is 0 Å². The first-order valence-electron chi connectivity index (χ1n) is 18.6. The molecule has 0 amide bonds. The first-order chi connectivity index (χ1) is 19.2. The third-order valence-corrected chi connectivity index (χ3v) is 9.51. The fourth-order valence-corrected chi connectivity index (χ4v) is 6.74. The van der Waals surface area contributed by atoms with E-state index in [9.17, 15) is 0 Å². The van der Waals surface area contributed by atoms with Gasteiger partial charge in [0.05, 0.1) is 13.1 Å². The van der Waals surface area contributed by atoms with E-state index in [1.54, 1.807) is 5.84 Å². The van der Waals surface area contributed by atoms with Gasteiger partial charge in [-0.1, -0.05) is 175 Å². The van der Waals surface area contributed by atoms with Gasteiger partial charge in [0.25, 0.3) is 0 Å². The molecule has 0 fully saturated rings. The summed E-state index contributed by atoms with van der Waals surface area (Å²) in [6, 6.07) is 0.777. The number of hydrogen-bond donors (Lipinski definition) is 0. The summed E-state index contributed by atoms with van der Waals surface area (Å²) in [5.74, 6) is 1.67. The predicted octanol–water partition coefficient (Wildman–Crippen LogP) is 12.1. The second-order valence-electron chi connectivity index (χ2n) is 13.1. The van der Waals surface area contributed by atoms with Crippen molar-refractivity contribution in [2.75, 3.05) is 20.1 Å². The van der Waals surface area contributed by atoms with Crippen molar-refractivity contribution >= 4 is 5.84 Å². The Hall–Kier alpha value is -0.530. The fraction of sp³-hybridized carbons (Fsp3) is 0.973. The Morgan fingerprint density at radius 3 is 1.26 bits per heavy atom. The molecule has 0 spiro atoms. The molecule has 0 N–H and O–H groups in total. The molecule has 1 rings (SSSR count). The zero-order chi connectivity index (χ0) is 28.2. The lowest BCUT2D eigenvalue weighted by Crippen LogP contribution is -2.38. The van der Waals surface area contributed by atoms with Gasteiger partial charge in [-0.15, -0.1) is 0 Å². The fourth-order valence-electron chi connectivity index (χ4n) is 6.74. The normalized spacial score (nSPS) is 14.6. The van der Waals surface area contributed by atoms with Crippen LogP contribution in [-0.2, 0) is 0 Å². The van der Waals surface area contributed by atoms with Gasteiger partial charge in [0.2, 0.25) is 5.84 Å². The smallest absolute Gasteiger partial charge is 0.247 e. The summed E-state index contributed by atoms with van der Waals surface area (Å²) in [6.45, 7) is 9.55. The molecule has 232 valence electrons. The Bertz CT molecular complexity index is 540. The Balaban J connectivity index is 2.04. The predicted molar refractivity (Wildman–Crippen MR) is 177 cm³/mol. The lowest BCUT2D eigenvalue weighted by atomic mass is 10.0. The van der Waals surface area contributed by atoms with Crippen LogP contribution in [0, 0.1) is 0 Å². The number of amidine groups is 1. The summed E-state index contributed by atoms with van der Waals surface area (Å²) in [5.41, 5.74) is 0. The highest BCUT2D eigenvalue weighted by molar-refractivity contribution is 5.78. The first kappa shape index (κ1) is 36.5. The van der Waals surface area contributed by atoms with E-state index in [-0.39, 0.29) is 0 Å². The van der Waals surface area contributed by atoms with E-state index in [0.717, 1.165) is 6.04 Å². The molecule has 0 bridgehead atoms. The van der Waals surface area contributed by atoms with Gasteiger partial charge in [0, 0.05) is 6.42 Å².